The van der Waals surface area contributed by atoms with Gasteiger partial charge in [0.05, 0.1) is 12.3 Å². The third-order valence-electron chi connectivity index (χ3n) is 6.53. The van der Waals surface area contributed by atoms with E-state index in [1.807, 2.05) is 12.1 Å². The van der Waals surface area contributed by atoms with E-state index in [4.69, 9.17) is 11.5 Å². The van der Waals surface area contributed by atoms with Crippen LogP contribution in [-0.2, 0) is 0 Å². The summed E-state index contributed by atoms with van der Waals surface area (Å²) in [5.74, 6) is 0. The predicted molar refractivity (Wildman–Crippen MR) is 155 cm³/mol. The molecule has 36 heavy (non-hydrogen) atoms. The Kier molecular flexibility index (Phi) is 8.77. The summed E-state index contributed by atoms with van der Waals surface area (Å²) >= 11 is 0. The zero-order valence-electron chi connectivity index (χ0n) is 21.4. The molecule has 4 heteroatoms. The topological polar surface area (TPSA) is 58.5 Å². The van der Waals surface area contributed by atoms with Gasteiger partial charge in [0.1, 0.15) is 0 Å². The number of rotatable bonds is 11. The minimum Gasteiger partial charge on any atom is -0.326 e. The Morgan fingerprint density at radius 1 is 0.472 bits per heavy atom. The van der Waals surface area contributed by atoms with Crippen LogP contribution in [0.15, 0.2) is 109 Å². The molecule has 4 aromatic rings. The van der Waals surface area contributed by atoms with Gasteiger partial charge in [0.2, 0.25) is 0 Å². The van der Waals surface area contributed by atoms with Gasteiger partial charge in [-0.2, -0.15) is 0 Å². The lowest BCUT2D eigenvalue weighted by Gasteiger charge is -2.31. The molecule has 4 aromatic carbocycles. The standard InChI is InChI=1S/C32H38N4/c1-3-11-31(33)35(27-13-7-5-8-14-27)29-21-17-25(18-22-29)26-19-23-30(24-20-26)36(32(34)12-4-2)28-15-9-6-10-16-28/h5-10,13-24,31-32H,3-4,11-12,33-34H2,1-2H3. The number of nitrogens with two attached hydrogens (primary N) is 2. The molecule has 2 atom stereocenters. The Bertz CT molecular complexity index is 1080. The molecule has 4 rings (SSSR count). The lowest BCUT2D eigenvalue weighted by atomic mass is 10.0. The number of hydrogen-bond acceptors (Lipinski definition) is 4. The fraction of sp³-hybridized carbons (Fsp3) is 0.250. The first-order valence-electron chi connectivity index (χ1n) is 13.0. The molecule has 0 spiro atoms. The van der Waals surface area contributed by atoms with Crippen molar-refractivity contribution in [3.8, 4) is 11.1 Å². The third kappa shape index (κ3) is 5.96. The molecule has 0 saturated carbocycles. The van der Waals surface area contributed by atoms with Gasteiger partial charge in [-0.3, -0.25) is 0 Å². The van der Waals surface area contributed by atoms with Crippen molar-refractivity contribution in [2.24, 2.45) is 11.5 Å². The largest absolute Gasteiger partial charge is 0.326 e. The average molecular weight is 479 g/mol. The van der Waals surface area contributed by atoms with Crippen LogP contribution in [0, 0.1) is 0 Å². The van der Waals surface area contributed by atoms with Crippen LogP contribution >= 0.6 is 0 Å². The van der Waals surface area contributed by atoms with E-state index in [1.54, 1.807) is 0 Å². The van der Waals surface area contributed by atoms with E-state index >= 15 is 0 Å². The van der Waals surface area contributed by atoms with Crippen LogP contribution in [0.25, 0.3) is 11.1 Å². The second kappa shape index (κ2) is 12.4. The molecule has 0 aliphatic carbocycles. The molecule has 0 bridgehead atoms. The minimum absolute atomic E-state index is 0.0705. The zero-order valence-corrected chi connectivity index (χ0v) is 21.4. The van der Waals surface area contributed by atoms with E-state index in [9.17, 15) is 0 Å². The Morgan fingerprint density at radius 2 is 0.778 bits per heavy atom. The van der Waals surface area contributed by atoms with Gasteiger partial charge >= 0.3 is 0 Å². The van der Waals surface area contributed by atoms with Gasteiger partial charge in [-0.05, 0) is 72.5 Å². The van der Waals surface area contributed by atoms with E-state index in [-0.39, 0.29) is 12.3 Å². The predicted octanol–water partition coefficient (Wildman–Crippen LogP) is 7.80. The molecule has 0 fully saturated rings. The second-order valence-corrected chi connectivity index (χ2v) is 9.22. The van der Waals surface area contributed by atoms with Crippen LogP contribution in [0.4, 0.5) is 22.7 Å². The Balaban J connectivity index is 1.59. The van der Waals surface area contributed by atoms with Crippen molar-refractivity contribution in [1.29, 1.82) is 0 Å². The van der Waals surface area contributed by atoms with Gasteiger partial charge in [-0.1, -0.05) is 87.4 Å². The van der Waals surface area contributed by atoms with Crippen LogP contribution in [0.3, 0.4) is 0 Å². The monoisotopic (exact) mass is 478 g/mol. The Hall–Kier alpha value is -3.60. The molecule has 0 aliphatic heterocycles. The van der Waals surface area contributed by atoms with Crippen molar-refractivity contribution in [1.82, 2.24) is 0 Å². The van der Waals surface area contributed by atoms with Crippen LogP contribution in [0.1, 0.15) is 39.5 Å². The molecular formula is C32H38N4. The van der Waals surface area contributed by atoms with E-state index in [1.165, 1.54) is 11.1 Å². The molecule has 186 valence electrons. The molecule has 4 N–H and O–H groups in total. The maximum atomic E-state index is 6.59. The minimum atomic E-state index is -0.0705. The summed E-state index contributed by atoms with van der Waals surface area (Å²) in [6.07, 6.45) is 3.79. The van der Waals surface area contributed by atoms with Crippen LogP contribution in [0.2, 0.25) is 0 Å². The van der Waals surface area contributed by atoms with E-state index in [2.05, 4.69) is 121 Å². The quantitative estimate of drug-likeness (QED) is 0.216. The summed E-state index contributed by atoms with van der Waals surface area (Å²) in [5, 5.41) is 0. The molecule has 0 radical (unpaired) electrons. The SMILES string of the molecule is CCCC(N)N(c1ccccc1)c1ccc(-c2ccc(N(c3ccccc3)C(N)CCC)cc2)cc1. The van der Waals surface area contributed by atoms with Gasteiger partial charge in [0.15, 0.2) is 0 Å². The average Bonchev–Trinajstić information content (AvgIpc) is 2.91. The van der Waals surface area contributed by atoms with Gasteiger partial charge in [0, 0.05) is 22.7 Å². The smallest absolute Gasteiger partial charge is 0.0820 e. The van der Waals surface area contributed by atoms with E-state index in [0.717, 1.165) is 48.4 Å². The summed E-state index contributed by atoms with van der Waals surface area (Å²) in [4.78, 5) is 4.45. The van der Waals surface area contributed by atoms with Crippen LogP contribution in [0.5, 0.6) is 0 Å². The number of nitrogens with zero attached hydrogens (tertiary/aromatic N) is 2. The summed E-state index contributed by atoms with van der Waals surface area (Å²) < 4.78 is 0. The number of hydrogen-bond donors (Lipinski definition) is 2. The van der Waals surface area contributed by atoms with Crippen molar-refractivity contribution in [2.75, 3.05) is 9.80 Å². The van der Waals surface area contributed by atoms with Crippen molar-refractivity contribution >= 4 is 22.7 Å². The maximum Gasteiger partial charge on any atom is 0.0820 e. The molecule has 0 aromatic heterocycles. The summed E-state index contributed by atoms with van der Waals surface area (Å²) in [5.41, 5.74) is 20.0. The summed E-state index contributed by atoms with van der Waals surface area (Å²) in [6, 6.07) is 38.1. The lowest BCUT2D eigenvalue weighted by Crippen LogP contribution is -2.38. The number of benzene rings is 4. The molecule has 0 heterocycles. The maximum absolute atomic E-state index is 6.59. The first kappa shape index (κ1) is 25.5. The van der Waals surface area contributed by atoms with Crippen molar-refractivity contribution in [3.05, 3.63) is 109 Å². The van der Waals surface area contributed by atoms with Crippen LogP contribution in [-0.4, -0.2) is 12.3 Å². The highest BCUT2D eigenvalue weighted by atomic mass is 15.2. The fourth-order valence-electron chi connectivity index (χ4n) is 4.72. The Labute approximate surface area is 216 Å². The van der Waals surface area contributed by atoms with Crippen LogP contribution < -0.4 is 21.3 Å². The molecule has 0 saturated heterocycles. The highest BCUT2D eigenvalue weighted by Gasteiger charge is 2.18. The Morgan fingerprint density at radius 3 is 1.08 bits per heavy atom. The number of para-hydroxylation sites is 2. The number of anilines is 4. The normalized spacial score (nSPS) is 12.7. The van der Waals surface area contributed by atoms with Crippen molar-refractivity contribution in [2.45, 2.75) is 51.9 Å². The van der Waals surface area contributed by atoms with E-state index < -0.39 is 0 Å². The summed E-state index contributed by atoms with van der Waals surface area (Å²) in [6.45, 7) is 4.34. The molecular weight excluding hydrogens is 440 g/mol. The molecule has 4 nitrogen and oxygen atoms in total. The lowest BCUT2D eigenvalue weighted by molar-refractivity contribution is 0.610. The molecule has 2 unspecified atom stereocenters. The van der Waals surface area contributed by atoms with Gasteiger partial charge < -0.3 is 21.3 Å². The van der Waals surface area contributed by atoms with Gasteiger partial charge in [0.25, 0.3) is 0 Å². The first-order chi connectivity index (χ1) is 17.6. The highest BCUT2D eigenvalue weighted by molar-refractivity contribution is 5.73. The first-order valence-corrected chi connectivity index (χ1v) is 13.0. The summed E-state index contributed by atoms with van der Waals surface area (Å²) in [7, 11) is 0. The van der Waals surface area contributed by atoms with E-state index in [0.29, 0.717) is 0 Å². The second-order valence-electron chi connectivity index (χ2n) is 9.22. The molecule has 0 aliphatic rings. The molecule has 0 amide bonds. The van der Waals surface area contributed by atoms with Gasteiger partial charge in [-0.15, -0.1) is 0 Å². The highest BCUT2D eigenvalue weighted by Crippen LogP contribution is 2.33. The van der Waals surface area contributed by atoms with Crippen molar-refractivity contribution < 1.29 is 0 Å². The van der Waals surface area contributed by atoms with Crippen molar-refractivity contribution in [3.63, 3.8) is 0 Å². The zero-order chi connectivity index (χ0) is 25.3. The van der Waals surface area contributed by atoms with Gasteiger partial charge in [-0.25, -0.2) is 0 Å². The third-order valence-corrected chi connectivity index (χ3v) is 6.53. The fourth-order valence-corrected chi connectivity index (χ4v) is 4.72.